The molecule has 1 fully saturated rings. The van der Waals surface area contributed by atoms with Gasteiger partial charge in [-0.3, -0.25) is 0 Å². The van der Waals surface area contributed by atoms with Gasteiger partial charge in [0.25, 0.3) is 0 Å². The van der Waals surface area contributed by atoms with Gasteiger partial charge in [-0.1, -0.05) is 11.6 Å². The first kappa shape index (κ1) is 7.00. The van der Waals surface area contributed by atoms with Gasteiger partial charge in [-0.2, -0.15) is 10.2 Å². The molecule has 0 aromatic rings. The molecule has 1 rings (SSSR count). The molecular formula is C6H11ClN2. The molecule has 0 saturated heterocycles. The van der Waals surface area contributed by atoms with E-state index in [9.17, 15) is 0 Å². The number of rotatable bonds is 2. The summed E-state index contributed by atoms with van der Waals surface area (Å²) in [6.45, 7) is 3.67. The van der Waals surface area contributed by atoms with Crippen molar-refractivity contribution in [2.45, 2.75) is 37.7 Å². The van der Waals surface area contributed by atoms with E-state index in [1.807, 2.05) is 13.8 Å². The lowest BCUT2D eigenvalue weighted by Gasteiger charge is -2.04. The first-order chi connectivity index (χ1) is 4.08. The molecule has 52 valence electrons. The lowest BCUT2D eigenvalue weighted by molar-refractivity contribution is 0.667. The van der Waals surface area contributed by atoms with E-state index >= 15 is 0 Å². The predicted octanol–water partition coefficient (Wildman–Crippen LogP) is 2.58. The van der Waals surface area contributed by atoms with Crippen LogP contribution in [0.1, 0.15) is 26.7 Å². The summed E-state index contributed by atoms with van der Waals surface area (Å²) in [6, 6.07) is 0.489. The second-order valence-corrected chi connectivity index (χ2v) is 3.78. The van der Waals surface area contributed by atoms with Crippen LogP contribution in [-0.4, -0.2) is 11.0 Å². The molecule has 3 heteroatoms. The van der Waals surface area contributed by atoms with E-state index in [2.05, 4.69) is 10.2 Å². The first-order valence-corrected chi connectivity index (χ1v) is 3.57. The number of hydrogen-bond acceptors (Lipinski definition) is 2. The van der Waals surface area contributed by atoms with Crippen molar-refractivity contribution in [3.63, 3.8) is 0 Å². The minimum Gasteiger partial charge on any atom is -0.189 e. The van der Waals surface area contributed by atoms with Crippen LogP contribution in [0.25, 0.3) is 0 Å². The van der Waals surface area contributed by atoms with E-state index < -0.39 is 5.00 Å². The molecule has 1 aliphatic rings. The van der Waals surface area contributed by atoms with Gasteiger partial charge in [0, 0.05) is 0 Å². The van der Waals surface area contributed by atoms with Gasteiger partial charge in [0.2, 0.25) is 0 Å². The van der Waals surface area contributed by atoms with Crippen LogP contribution in [0.4, 0.5) is 0 Å². The van der Waals surface area contributed by atoms with Crippen LogP contribution in [0.5, 0.6) is 0 Å². The molecule has 0 aromatic heterocycles. The highest BCUT2D eigenvalue weighted by Crippen LogP contribution is 2.26. The summed E-state index contributed by atoms with van der Waals surface area (Å²) in [5, 5.41) is 7.91. The average molecular weight is 147 g/mol. The zero-order chi connectivity index (χ0) is 6.91. The monoisotopic (exact) mass is 146 g/mol. The molecule has 0 aliphatic heterocycles. The SMILES string of the molecule is CC(C)(Cl)N=NC1CC1. The Kier molecular flexibility index (Phi) is 1.75. The maximum atomic E-state index is 5.74. The van der Waals surface area contributed by atoms with E-state index in [1.165, 1.54) is 12.8 Å². The van der Waals surface area contributed by atoms with Crippen molar-refractivity contribution >= 4 is 11.6 Å². The topological polar surface area (TPSA) is 24.7 Å². The van der Waals surface area contributed by atoms with E-state index in [1.54, 1.807) is 0 Å². The molecule has 0 N–H and O–H groups in total. The fourth-order valence-corrected chi connectivity index (χ4v) is 0.453. The third-order valence-corrected chi connectivity index (χ3v) is 1.08. The molecule has 2 nitrogen and oxygen atoms in total. The van der Waals surface area contributed by atoms with Crippen LogP contribution in [-0.2, 0) is 0 Å². The van der Waals surface area contributed by atoms with Gasteiger partial charge in [-0.15, -0.1) is 0 Å². The van der Waals surface area contributed by atoms with E-state index in [0.29, 0.717) is 6.04 Å². The molecule has 0 amide bonds. The summed E-state index contributed by atoms with van der Waals surface area (Å²) in [5.74, 6) is 0. The Morgan fingerprint density at radius 3 is 2.33 bits per heavy atom. The fourth-order valence-electron chi connectivity index (χ4n) is 0.409. The predicted molar refractivity (Wildman–Crippen MR) is 37.8 cm³/mol. The van der Waals surface area contributed by atoms with Crippen molar-refractivity contribution in [1.82, 2.24) is 0 Å². The quantitative estimate of drug-likeness (QED) is 0.325. The van der Waals surface area contributed by atoms with E-state index in [4.69, 9.17) is 11.6 Å². The molecule has 0 spiro atoms. The maximum absolute atomic E-state index is 5.74. The second-order valence-electron chi connectivity index (χ2n) is 2.86. The molecule has 1 aliphatic carbocycles. The van der Waals surface area contributed by atoms with Crippen molar-refractivity contribution in [2.24, 2.45) is 10.2 Å². The standard InChI is InChI=1S/C6H11ClN2/c1-6(2,7)9-8-5-3-4-5/h5H,3-4H2,1-2H3. The lowest BCUT2D eigenvalue weighted by Crippen LogP contribution is -2.03. The lowest BCUT2D eigenvalue weighted by atomic mass is 10.4. The van der Waals surface area contributed by atoms with Crippen molar-refractivity contribution in [3.8, 4) is 0 Å². The van der Waals surface area contributed by atoms with Crippen LogP contribution in [0.15, 0.2) is 10.2 Å². The molecule has 0 bridgehead atoms. The highest BCUT2D eigenvalue weighted by Gasteiger charge is 2.21. The highest BCUT2D eigenvalue weighted by molar-refractivity contribution is 6.23. The molecule has 0 unspecified atom stereocenters. The zero-order valence-electron chi connectivity index (χ0n) is 5.76. The summed E-state index contributed by atoms with van der Waals surface area (Å²) in [5.41, 5.74) is 0. The summed E-state index contributed by atoms with van der Waals surface area (Å²) in [6.07, 6.45) is 2.38. The molecule has 1 saturated carbocycles. The van der Waals surface area contributed by atoms with Crippen molar-refractivity contribution in [3.05, 3.63) is 0 Å². The van der Waals surface area contributed by atoms with Crippen LogP contribution in [0, 0.1) is 0 Å². The minimum atomic E-state index is -0.497. The Morgan fingerprint density at radius 1 is 1.44 bits per heavy atom. The summed E-state index contributed by atoms with van der Waals surface area (Å²) >= 11 is 5.74. The number of nitrogens with zero attached hydrogens (tertiary/aromatic N) is 2. The molecule has 0 aromatic carbocycles. The second kappa shape index (κ2) is 2.25. The van der Waals surface area contributed by atoms with Crippen LogP contribution in [0.2, 0.25) is 0 Å². The maximum Gasteiger partial charge on any atom is 0.149 e. The highest BCUT2D eigenvalue weighted by atomic mass is 35.5. The van der Waals surface area contributed by atoms with Crippen LogP contribution >= 0.6 is 11.6 Å². The third kappa shape index (κ3) is 3.46. The Morgan fingerprint density at radius 2 is 2.00 bits per heavy atom. The van der Waals surface area contributed by atoms with Gasteiger partial charge in [-0.05, 0) is 26.7 Å². The fraction of sp³-hybridized carbons (Fsp3) is 1.00. The summed E-state index contributed by atoms with van der Waals surface area (Å²) < 4.78 is 0. The van der Waals surface area contributed by atoms with Crippen molar-refractivity contribution in [1.29, 1.82) is 0 Å². The molecule has 0 radical (unpaired) electrons. The first-order valence-electron chi connectivity index (χ1n) is 3.19. The number of alkyl halides is 1. The Balaban J connectivity index is 2.29. The normalized spacial score (nSPS) is 21.2. The zero-order valence-corrected chi connectivity index (χ0v) is 6.52. The van der Waals surface area contributed by atoms with E-state index in [0.717, 1.165) is 0 Å². The third-order valence-electron chi connectivity index (χ3n) is 1.01. The number of halogens is 1. The molecule has 0 atom stereocenters. The smallest absolute Gasteiger partial charge is 0.149 e. The van der Waals surface area contributed by atoms with Gasteiger partial charge in [0.15, 0.2) is 0 Å². The molecular weight excluding hydrogens is 136 g/mol. The Bertz CT molecular complexity index is 122. The number of hydrogen-bond donors (Lipinski definition) is 0. The van der Waals surface area contributed by atoms with Gasteiger partial charge >= 0.3 is 0 Å². The van der Waals surface area contributed by atoms with Crippen molar-refractivity contribution in [2.75, 3.05) is 0 Å². The molecule has 0 heterocycles. The number of azo groups is 1. The van der Waals surface area contributed by atoms with E-state index in [-0.39, 0.29) is 0 Å². The van der Waals surface area contributed by atoms with Crippen LogP contribution < -0.4 is 0 Å². The summed E-state index contributed by atoms with van der Waals surface area (Å²) in [4.78, 5) is -0.497. The van der Waals surface area contributed by atoms with Gasteiger partial charge in [-0.25, -0.2) is 0 Å². The van der Waals surface area contributed by atoms with Gasteiger partial charge < -0.3 is 0 Å². The van der Waals surface area contributed by atoms with Gasteiger partial charge in [0.05, 0.1) is 6.04 Å². The Hall–Kier alpha value is -0.110. The summed E-state index contributed by atoms with van der Waals surface area (Å²) in [7, 11) is 0. The molecule has 9 heavy (non-hydrogen) atoms. The average Bonchev–Trinajstić information content (AvgIpc) is 2.38. The minimum absolute atomic E-state index is 0.489. The largest absolute Gasteiger partial charge is 0.189 e. The van der Waals surface area contributed by atoms with Gasteiger partial charge in [0.1, 0.15) is 5.00 Å². The van der Waals surface area contributed by atoms with Crippen molar-refractivity contribution < 1.29 is 0 Å². The Labute approximate surface area is 60.3 Å². The van der Waals surface area contributed by atoms with Crippen LogP contribution in [0.3, 0.4) is 0 Å².